The molecule has 230 valence electrons. The molecule has 2 fully saturated rings. The predicted molar refractivity (Wildman–Crippen MR) is 172 cm³/mol. The number of aromatic nitrogens is 1. The number of piperidine rings is 1. The zero-order valence-electron chi connectivity index (χ0n) is 25.4. The Morgan fingerprint density at radius 3 is 2.58 bits per heavy atom. The lowest BCUT2D eigenvalue weighted by Crippen LogP contribution is -2.54. The van der Waals surface area contributed by atoms with E-state index in [1.165, 1.54) is 0 Å². The zero-order valence-corrected chi connectivity index (χ0v) is 25.4. The lowest BCUT2D eigenvalue weighted by atomic mass is 9.94. The third-order valence-corrected chi connectivity index (χ3v) is 7.32. The summed E-state index contributed by atoms with van der Waals surface area (Å²) in [6.07, 6.45) is 8.44. The van der Waals surface area contributed by atoms with Gasteiger partial charge in [0, 0.05) is 48.4 Å². The van der Waals surface area contributed by atoms with Crippen LogP contribution in [0.15, 0.2) is 70.7 Å². The van der Waals surface area contributed by atoms with Crippen LogP contribution in [0, 0.1) is 5.92 Å². The summed E-state index contributed by atoms with van der Waals surface area (Å²) in [7, 11) is 0. The van der Waals surface area contributed by atoms with Crippen LogP contribution in [0.1, 0.15) is 56.0 Å². The number of anilines is 1. The van der Waals surface area contributed by atoms with Gasteiger partial charge in [-0.3, -0.25) is 9.79 Å². The standard InChI is InChI=1S/C28H35N7O2.C4H9NO/c1-4-15-37-23-11-12-31-24(16-23)34-28(36)22-9-7-21(8-10-22)25(30-3)26-27(29)32-13-14-35(26)18-20-6-5-19(2)33-17-20;1-4(5)2-6-3-4/h7-14,16,19-20,33H,3-6,15,17-18H2,1-2H3,(H2,29,32)(H,31,34,36);2-3,5H2,1H3/b26-25-;/t19-,20+;/m0./s1. The summed E-state index contributed by atoms with van der Waals surface area (Å²) in [4.78, 5) is 27.8. The normalized spacial score (nSPS) is 21.9. The van der Waals surface area contributed by atoms with Gasteiger partial charge in [-0.05, 0) is 70.5 Å². The van der Waals surface area contributed by atoms with E-state index in [1.54, 1.807) is 36.7 Å². The maximum absolute atomic E-state index is 12.8. The second-order valence-corrected chi connectivity index (χ2v) is 11.5. The molecule has 6 N–H and O–H groups in total. The third kappa shape index (κ3) is 8.96. The number of pyridine rings is 1. The Morgan fingerprint density at radius 2 is 1.98 bits per heavy atom. The molecule has 4 heterocycles. The predicted octanol–water partition coefficient (Wildman–Crippen LogP) is 3.76. The molecule has 0 radical (unpaired) electrons. The molecular formula is C32H44N8O3. The van der Waals surface area contributed by atoms with Crippen molar-refractivity contribution in [3.8, 4) is 5.75 Å². The number of rotatable bonds is 9. The van der Waals surface area contributed by atoms with E-state index in [2.05, 4.69) is 44.1 Å². The van der Waals surface area contributed by atoms with Crippen molar-refractivity contribution in [3.63, 3.8) is 0 Å². The van der Waals surface area contributed by atoms with Gasteiger partial charge in [-0.25, -0.2) is 9.98 Å². The Morgan fingerprint density at radius 1 is 1.26 bits per heavy atom. The lowest BCUT2D eigenvalue weighted by molar-refractivity contribution is -0.0433. The number of aliphatic imine (C=N–C) groups is 2. The van der Waals surface area contributed by atoms with E-state index in [0.29, 0.717) is 47.2 Å². The first-order chi connectivity index (χ1) is 20.7. The molecule has 1 aromatic heterocycles. The molecule has 0 saturated carbocycles. The van der Waals surface area contributed by atoms with Crippen LogP contribution in [0.25, 0.3) is 5.70 Å². The van der Waals surface area contributed by atoms with Crippen LogP contribution in [-0.2, 0) is 4.74 Å². The molecule has 0 spiro atoms. The number of nitrogens with two attached hydrogens (primary N) is 2. The highest BCUT2D eigenvalue weighted by Crippen LogP contribution is 2.28. The van der Waals surface area contributed by atoms with Crippen molar-refractivity contribution < 1.29 is 14.3 Å². The van der Waals surface area contributed by atoms with Gasteiger partial charge in [0.25, 0.3) is 5.91 Å². The minimum Gasteiger partial charge on any atom is -0.493 e. The number of nitrogens with zero attached hydrogens (tertiary/aromatic N) is 4. The molecule has 2 saturated heterocycles. The Bertz CT molecular complexity index is 1340. The van der Waals surface area contributed by atoms with Gasteiger partial charge >= 0.3 is 0 Å². The molecule has 5 rings (SSSR count). The van der Waals surface area contributed by atoms with Crippen LogP contribution >= 0.6 is 0 Å². The Labute approximate surface area is 254 Å². The van der Waals surface area contributed by atoms with Crippen LogP contribution in [0.3, 0.4) is 0 Å². The monoisotopic (exact) mass is 588 g/mol. The fraction of sp³-hybridized carbons (Fsp3) is 0.438. The summed E-state index contributed by atoms with van der Waals surface area (Å²) in [6.45, 7) is 13.9. The molecule has 3 aliphatic heterocycles. The number of hydrogen-bond donors (Lipinski definition) is 4. The Balaban J connectivity index is 0.000000628. The average Bonchev–Trinajstić information content (AvgIpc) is 2.99. The highest BCUT2D eigenvalue weighted by molar-refractivity contribution is 6.06. The summed E-state index contributed by atoms with van der Waals surface area (Å²) in [5.74, 6) is 1.70. The van der Waals surface area contributed by atoms with Gasteiger partial charge in [0.15, 0.2) is 0 Å². The Kier molecular flexibility index (Phi) is 11.0. The smallest absolute Gasteiger partial charge is 0.256 e. The van der Waals surface area contributed by atoms with E-state index < -0.39 is 0 Å². The summed E-state index contributed by atoms with van der Waals surface area (Å²) in [5, 5.41) is 6.38. The van der Waals surface area contributed by atoms with Gasteiger partial charge in [0.1, 0.15) is 23.1 Å². The number of carbonyl (C=O) groups excluding carboxylic acids is 1. The first-order valence-electron chi connectivity index (χ1n) is 14.8. The number of ether oxygens (including phenoxy) is 2. The fourth-order valence-electron chi connectivity index (χ4n) is 4.86. The molecule has 1 aromatic carbocycles. The number of amidine groups is 1. The van der Waals surface area contributed by atoms with Crippen molar-refractivity contribution in [1.82, 2.24) is 15.2 Å². The van der Waals surface area contributed by atoms with E-state index in [0.717, 1.165) is 56.8 Å². The van der Waals surface area contributed by atoms with E-state index in [1.807, 2.05) is 32.2 Å². The topological polar surface area (TPSA) is 152 Å². The van der Waals surface area contributed by atoms with Gasteiger partial charge in [-0.1, -0.05) is 19.1 Å². The molecule has 0 bridgehead atoms. The van der Waals surface area contributed by atoms with Gasteiger partial charge in [-0.15, -0.1) is 0 Å². The first-order valence-corrected chi connectivity index (χ1v) is 14.8. The summed E-state index contributed by atoms with van der Waals surface area (Å²) >= 11 is 0. The van der Waals surface area contributed by atoms with Crippen LogP contribution in [0.2, 0.25) is 0 Å². The number of hydrogen-bond acceptors (Lipinski definition) is 10. The van der Waals surface area contributed by atoms with Crippen LogP contribution < -0.4 is 26.8 Å². The molecular weight excluding hydrogens is 544 g/mol. The molecule has 3 aliphatic rings. The third-order valence-electron chi connectivity index (χ3n) is 7.32. The summed E-state index contributed by atoms with van der Waals surface area (Å²) in [6, 6.07) is 11.2. The van der Waals surface area contributed by atoms with Crippen LogP contribution in [0.4, 0.5) is 5.82 Å². The maximum atomic E-state index is 12.8. The van der Waals surface area contributed by atoms with Gasteiger partial charge in [0.05, 0.1) is 31.1 Å². The molecule has 11 nitrogen and oxygen atoms in total. The Hall–Kier alpha value is -4.06. The first kappa shape index (κ1) is 31.9. The molecule has 11 heteroatoms. The highest BCUT2D eigenvalue weighted by Gasteiger charge is 2.27. The van der Waals surface area contributed by atoms with Crippen LogP contribution in [-0.4, -0.2) is 72.8 Å². The minimum absolute atomic E-state index is 0. The minimum atomic E-state index is -0.269. The zero-order chi connectivity index (χ0) is 30.8. The second kappa shape index (κ2) is 14.9. The largest absolute Gasteiger partial charge is 0.493 e. The van der Waals surface area contributed by atoms with Crippen LogP contribution in [0.5, 0.6) is 5.75 Å². The van der Waals surface area contributed by atoms with Gasteiger partial charge in [0.2, 0.25) is 0 Å². The molecule has 0 unspecified atom stereocenters. The number of benzene rings is 1. The van der Waals surface area contributed by atoms with Gasteiger partial charge < -0.3 is 36.5 Å². The van der Waals surface area contributed by atoms with Crippen molar-refractivity contribution in [2.24, 2.45) is 27.4 Å². The van der Waals surface area contributed by atoms with Crippen molar-refractivity contribution in [3.05, 3.63) is 71.8 Å². The van der Waals surface area contributed by atoms with Crippen molar-refractivity contribution >= 4 is 30.0 Å². The summed E-state index contributed by atoms with van der Waals surface area (Å²) in [5.41, 5.74) is 14.5. The van der Waals surface area contributed by atoms with E-state index in [4.69, 9.17) is 20.9 Å². The van der Waals surface area contributed by atoms with E-state index >= 15 is 0 Å². The van der Waals surface area contributed by atoms with Crippen molar-refractivity contribution in [1.29, 1.82) is 0 Å². The quantitative estimate of drug-likeness (QED) is 0.323. The molecule has 0 aliphatic carbocycles. The fourth-order valence-corrected chi connectivity index (χ4v) is 4.86. The number of nitrogens with one attached hydrogen (secondary N) is 2. The average molecular weight is 589 g/mol. The molecule has 43 heavy (non-hydrogen) atoms. The second-order valence-electron chi connectivity index (χ2n) is 11.5. The maximum Gasteiger partial charge on any atom is 0.256 e. The lowest BCUT2D eigenvalue weighted by Gasteiger charge is -2.34. The molecule has 2 atom stereocenters. The van der Waals surface area contributed by atoms with Gasteiger partial charge in [-0.2, -0.15) is 0 Å². The van der Waals surface area contributed by atoms with E-state index in [9.17, 15) is 4.79 Å². The molecule has 2 aromatic rings. The number of amides is 1. The number of carbonyl (C=O) groups is 1. The SMILES string of the molecule is C=N/C(=C1/C(N)=NC=CN1C[C@@H]1CC[C@H](C)NC1)c1ccc(C(=O)Nc2cc(OCCC)ccn2)cc1.CC1(N)COC1. The van der Waals surface area contributed by atoms with Crippen molar-refractivity contribution in [2.45, 2.75) is 51.6 Å². The highest BCUT2D eigenvalue weighted by atomic mass is 16.5. The van der Waals surface area contributed by atoms with E-state index in [-0.39, 0.29) is 11.4 Å². The summed E-state index contributed by atoms with van der Waals surface area (Å²) < 4.78 is 10.4. The molecule has 1 amide bonds. The van der Waals surface area contributed by atoms with Crippen molar-refractivity contribution in [2.75, 3.05) is 38.2 Å².